The first-order valence-electron chi connectivity index (χ1n) is 27.1. The van der Waals surface area contributed by atoms with E-state index in [0.717, 1.165) is 64.1 Å². The lowest BCUT2D eigenvalue weighted by molar-refractivity contribution is -0.140. The molecule has 4 rings (SSSR count). The van der Waals surface area contributed by atoms with Crippen LogP contribution < -0.4 is 9.47 Å². The van der Waals surface area contributed by atoms with Crippen molar-refractivity contribution in [2.24, 2.45) is 0 Å². The Bertz CT molecular complexity index is 2440. The summed E-state index contributed by atoms with van der Waals surface area (Å²) in [6, 6.07) is 17.2. The number of carbonyl (C=O) groups is 2. The number of phenols is 2. The molecule has 4 aromatic rings. The monoisotopic (exact) mass is 1110 g/mol. The van der Waals surface area contributed by atoms with Crippen LogP contribution in [0.3, 0.4) is 0 Å². The van der Waals surface area contributed by atoms with Crippen LogP contribution in [0.15, 0.2) is 68.1 Å². The van der Waals surface area contributed by atoms with Gasteiger partial charge in [0.1, 0.15) is 23.0 Å². The zero-order chi connectivity index (χ0) is 58.7. The lowest BCUT2D eigenvalue weighted by Gasteiger charge is -2.32. The van der Waals surface area contributed by atoms with E-state index in [0.29, 0.717) is 23.0 Å². The summed E-state index contributed by atoms with van der Waals surface area (Å²) in [6.45, 7) is 60.3. The highest BCUT2D eigenvalue weighted by atomic mass is 32.2. The molecule has 76 heavy (non-hydrogen) atoms. The van der Waals surface area contributed by atoms with Crippen molar-refractivity contribution in [2.45, 2.75) is 278 Å². The minimum absolute atomic E-state index is 0.147. The summed E-state index contributed by atoms with van der Waals surface area (Å²) in [6.07, 6.45) is -0.293. The molecule has 0 saturated carbocycles. The second-order valence-corrected chi connectivity index (χ2v) is 37.4. The van der Waals surface area contributed by atoms with E-state index in [-0.39, 0.29) is 64.3 Å². The number of ether oxygens (including phenoxy) is 2. The molecule has 0 unspecified atom stereocenters. The number of rotatable bonds is 13. The van der Waals surface area contributed by atoms with E-state index >= 15 is 0 Å². The Labute approximate surface area is 479 Å². The lowest BCUT2D eigenvalue weighted by atomic mass is 9.79. The molecule has 2 N–H and O–H groups in total. The summed E-state index contributed by atoms with van der Waals surface area (Å²) in [4.78, 5) is 32.6. The Kier molecular flexibility index (Phi) is 19.3. The van der Waals surface area contributed by atoms with Gasteiger partial charge in [0.2, 0.25) is 0 Å². The predicted molar refractivity (Wildman–Crippen MR) is 331 cm³/mol. The van der Waals surface area contributed by atoms with Crippen LogP contribution in [-0.4, -0.2) is 30.3 Å². The number of carbonyl (C=O) groups excluding carboxylic acids is 2. The van der Waals surface area contributed by atoms with Crippen LogP contribution in [0, 0.1) is 0 Å². The van der Waals surface area contributed by atoms with Gasteiger partial charge in [-0.05, 0) is 120 Å². The minimum Gasteiger partial charge on any atom is -0.507 e. The normalized spacial score (nSPS) is 13.8. The summed E-state index contributed by atoms with van der Waals surface area (Å²) in [5.41, 5.74) is 4.94. The molecule has 0 heterocycles. The summed E-state index contributed by atoms with van der Waals surface area (Å²) in [7, 11) is 0. The fourth-order valence-corrected chi connectivity index (χ4v) is 14.3. The zero-order valence-corrected chi connectivity index (χ0v) is 55.5. The first kappa shape index (κ1) is 65.3. The molecular weight excluding hydrogens is 1020 g/mol. The fourth-order valence-electron chi connectivity index (χ4n) is 9.10. The van der Waals surface area contributed by atoms with E-state index in [9.17, 15) is 19.8 Å². The van der Waals surface area contributed by atoms with Gasteiger partial charge in [-0.1, -0.05) is 166 Å². The molecule has 0 aliphatic heterocycles. The highest BCUT2D eigenvalue weighted by molar-refractivity contribution is 8.18. The quantitative estimate of drug-likeness (QED) is 0.0584. The molecule has 10 heteroatoms. The van der Waals surface area contributed by atoms with Crippen LogP contribution in [0.25, 0.3) is 0 Å². The predicted octanol–water partition coefficient (Wildman–Crippen LogP) is 20.0. The van der Waals surface area contributed by atoms with Gasteiger partial charge in [-0.3, -0.25) is 9.59 Å². The van der Waals surface area contributed by atoms with Gasteiger partial charge in [0.05, 0.1) is 21.0 Å². The van der Waals surface area contributed by atoms with Crippen LogP contribution in [0.2, 0.25) is 0 Å². The van der Waals surface area contributed by atoms with Crippen molar-refractivity contribution in [1.29, 1.82) is 0 Å². The molecule has 6 nitrogen and oxygen atoms in total. The molecule has 0 aromatic heterocycles. The Hall–Kier alpha value is -3.18. The maximum absolute atomic E-state index is 14.1. The van der Waals surface area contributed by atoms with Crippen molar-refractivity contribution in [1.82, 2.24) is 0 Å². The van der Waals surface area contributed by atoms with Gasteiger partial charge in [0.25, 0.3) is 0 Å². The maximum Gasteiger partial charge on any atom is 0.311 e. The van der Waals surface area contributed by atoms with Crippen molar-refractivity contribution in [3.63, 3.8) is 0 Å². The molecule has 0 fully saturated rings. The van der Waals surface area contributed by atoms with Crippen molar-refractivity contribution >= 4 is 59.0 Å². The van der Waals surface area contributed by atoms with Crippen molar-refractivity contribution in [3.05, 3.63) is 93.0 Å². The maximum atomic E-state index is 14.1. The standard InChI is InChI=1S/C66H98O6S4/c1-57(2,3)43-31-39(32-44(53(43)69)58(4,5)6)73-65(25,26)75-41-35-47(61(13,14)15)55(48(36-41)62(16,17)18)71-51(67)29-30-52(68)72-56-49(63(19,20)21)37-42(38-50(56)64(22,23)24)76-66(27,28)74-40-33-45(59(7,8)9)54(70)46(34-40)60(10,11)12/h31-38,69-70H,29-30H2,1-28H3. The van der Waals surface area contributed by atoms with E-state index in [1.807, 2.05) is 0 Å². The van der Waals surface area contributed by atoms with Crippen molar-refractivity contribution in [2.75, 3.05) is 0 Å². The van der Waals surface area contributed by atoms with E-state index in [1.165, 1.54) is 0 Å². The van der Waals surface area contributed by atoms with Gasteiger partial charge in [-0.2, -0.15) is 0 Å². The summed E-state index contributed by atoms with van der Waals surface area (Å²) in [5.74, 6) is 0.863. The summed E-state index contributed by atoms with van der Waals surface area (Å²) in [5, 5.41) is 22.9. The topological polar surface area (TPSA) is 93.1 Å². The Morgan fingerprint density at radius 2 is 0.474 bits per heavy atom. The third-order valence-electron chi connectivity index (χ3n) is 13.2. The molecule has 0 aliphatic carbocycles. The van der Waals surface area contributed by atoms with E-state index in [1.54, 1.807) is 47.0 Å². The third-order valence-corrected chi connectivity index (χ3v) is 18.0. The molecule has 4 aromatic carbocycles. The molecule has 0 amide bonds. The van der Waals surface area contributed by atoms with Crippen LogP contribution >= 0.6 is 47.0 Å². The Balaban J connectivity index is 1.65. The first-order valence-corrected chi connectivity index (χ1v) is 30.4. The van der Waals surface area contributed by atoms with Gasteiger partial charge in [0.15, 0.2) is 0 Å². The Morgan fingerprint density at radius 1 is 0.316 bits per heavy atom. The van der Waals surface area contributed by atoms with Crippen LogP contribution in [-0.2, 0) is 52.9 Å². The van der Waals surface area contributed by atoms with E-state index < -0.39 is 11.9 Å². The number of thioether (sulfide) groups is 4. The highest BCUT2D eigenvalue weighted by Gasteiger charge is 2.36. The summed E-state index contributed by atoms with van der Waals surface area (Å²) >= 11 is 7.12. The first-order chi connectivity index (χ1) is 33.8. The molecule has 0 radical (unpaired) electrons. The van der Waals surface area contributed by atoms with Gasteiger partial charge >= 0.3 is 11.9 Å². The average molecular weight is 1120 g/mol. The minimum atomic E-state index is -0.489. The molecule has 0 saturated heterocycles. The number of hydrogen-bond donors (Lipinski definition) is 2. The molecule has 0 spiro atoms. The van der Waals surface area contributed by atoms with Gasteiger partial charge in [-0.25, -0.2) is 0 Å². The SMILES string of the molecule is CC(C)(Sc1cc(C(C)(C)C)c(O)c(C(C)(C)C)c1)Sc1cc(C(C)(C)C)c(OC(=O)CCC(=O)Oc2c(C(C)(C)C)cc(SC(C)(C)Sc3cc(C(C)(C)C)c(O)c(C(C)(C)C)c3)cc2C(C)(C)C)c(C(C)(C)C)c1. The van der Waals surface area contributed by atoms with Gasteiger partial charge in [-0.15, -0.1) is 47.0 Å². The number of aromatic hydroxyl groups is 2. The molecular formula is C66H98O6S4. The number of phenolic OH excluding ortho intramolecular Hbond substituents is 2. The average Bonchev–Trinajstić information content (AvgIpc) is 3.18. The second-order valence-electron chi connectivity index (χ2n) is 30.1. The highest BCUT2D eigenvalue weighted by Crippen LogP contribution is 2.54. The van der Waals surface area contributed by atoms with Gasteiger partial charge in [0, 0.05) is 64.1 Å². The van der Waals surface area contributed by atoms with Gasteiger partial charge < -0.3 is 19.7 Å². The summed E-state index contributed by atoms with van der Waals surface area (Å²) < 4.78 is 12.2. The van der Waals surface area contributed by atoms with Crippen LogP contribution in [0.1, 0.15) is 251 Å². The third kappa shape index (κ3) is 17.2. The van der Waals surface area contributed by atoms with E-state index in [4.69, 9.17) is 9.47 Å². The van der Waals surface area contributed by atoms with Crippen molar-refractivity contribution in [3.8, 4) is 23.0 Å². The molecule has 422 valence electrons. The van der Waals surface area contributed by atoms with Crippen LogP contribution in [0.4, 0.5) is 0 Å². The molecule has 0 atom stereocenters. The lowest BCUT2D eigenvalue weighted by Crippen LogP contribution is -2.24. The smallest absolute Gasteiger partial charge is 0.311 e. The Morgan fingerprint density at radius 3 is 0.632 bits per heavy atom. The van der Waals surface area contributed by atoms with Crippen LogP contribution in [0.5, 0.6) is 23.0 Å². The fraction of sp³-hybridized carbons (Fsp3) is 0.606. The second kappa shape index (κ2) is 22.4. The molecule has 0 aliphatic rings. The number of benzene rings is 4. The number of esters is 2. The zero-order valence-electron chi connectivity index (χ0n) is 52.2. The van der Waals surface area contributed by atoms with E-state index in [2.05, 4.69) is 242 Å². The largest absolute Gasteiger partial charge is 0.507 e. The molecule has 0 bridgehead atoms. The van der Waals surface area contributed by atoms with Crippen molar-refractivity contribution < 1.29 is 29.3 Å². The number of hydrogen-bond acceptors (Lipinski definition) is 10.